The zero-order chi connectivity index (χ0) is 21.4. The predicted molar refractivity (Wildman–Crippen MR) is 117 cm³/mol. The molecule has 0 bridgehead atoms. The number of rotatable bonds is 9. The minimum Gasteiger partial charge on any atom is -0.325 e. The molecule has 154 valence electrons. The first-order valence-corrected chi connectivity index (χ1v) is 9.92. The molecular weight excluding hydrogens is 413 g/mol. The highest BCUT2D eigenvalue weighted by Crippen LogP contribution is 2.25. The molecule has 2 aromatic carbocycles. The van der Waals surface area contributed by atoms with Gasteiger partial charge in [-0.25, -0.2) is 0 Å². The van der Waals surface area contributed by atoms with E-state index in [4.69, 9.17) is 23.2 Å². The number of hydrogen-bond acceptors (Lipinski definition) is 4. The van der Waals surface area contributed by atoms with Crippen LogP contribution in [0.15, 0.2) is 42.5 Å². The van der Waals surface area contributed by atoms with Crippen LogP contribution in [0.1, 0.15) is 30.6 Å². The van der Waals surface area contributed by atoms with Crippen LogP contribution in [0.25, 0.3) is 0 Å². The fourth-order valence-electron chi connectivity index (χ4n) is 2.73. The number of Topliss-reactive ketones (excluding diaryl/α,β-unsaturated/α-hetero) is 1. The second-order valence-corrected chi connectivity index (χ2v) is 7.41. The number of benzene rings is 2. The van der Waals surface area contributed by atoms with Crippen molar-refractivity contribution in [2.45, 2.75) is 20.3 Å². The predicted octanol–water partition coefficient (Wildman–Crippen LogP) is 4.49. The molecule has 8 heteroatoms. The molecule has 0 atom stereocenters. The second kappa shape index (κ2) is 11.0. The van der Waals surface area contributed by atoms with E-state index in [0.717, 1.165) is 6.42 Å². The van der Waals surface area contributed by atoms with Crippen molar-refractivity contribution in [2.75, 3.05) is 30.3 Å². The fourth-order valence-corrected chi connectivity index (χ4v) is 3.19. The van der Waals surface area contributed by atoms with Crippen LogP contribution in [0, 0.1) is 0 Å². The van der Waals surface area contributed by atoms with Crippen molar-refractivity contribution < 1.29 is 14.4 Å². The highest BCUT2D eigenvalue weighted by Gasteiger charge is 2.15. The molecule has 29 heavy (non-hydrogen) atoms. The van der Waals surface area contributed by atoms with Crippen molar-refractivity contribution >= 4 is 52.2 Å². The van der Waals surface area contributed by atoms with E-state index < -0.39 is 0 Å². The summed E-state index contributed by atoms with van der Waals surface area (Å²) in [7, 11) is 0. The average Bonchev–Trinajstić information content (AvgIpc) is 2.64. The lowest BCUT2D eigenvalue weighted by Crippen LogP contribution is -2.39. The summed E-state index contributed by atoms with van der Waals surface area (Å²) in [6, 6.07) is 11.5. The van der Waals surface area contributed by atoms with Gasteiger partial charge in [-0.15, -0.1) is 0 Å². The van der Waals surface area contributed by atoms with Gasteiger partial charge < -0.3 is 10.6 Å². The Bertz CT molecular complexity index is 902. The Morgan fingerprint density at radius 1 is 0.966 bits per heavy atom. The first-order valence-electron chi connectivity index (χ1n) is 9.16. The normalized spacial score (nSPS) is 10.7. The van der Waals surface area contributed by atoms with E-state index in [-0.39, 0.29) is 30.7 Å². The lowest BCUT2D eigenvalue weighted by molar-refractivity contribution is -0.120. The largest absolute Gasteiger partial charge is 0.325 e. The summed E-state index contributed by atoms with van der Waals surface area (Å²) in [4.78, 5) is 38.0. The van der Waals surface area contributed by atoms with Gasteiger partial charge in [-0.3, -0.25) is 19.3 Å². The number of nitrogens with one attached hydrogen (secondary N) is 2. The van der Waals surface area contributed by atoms with Crippen molar-refractivity contribution in [2.24, 2.45) is 0 Å². The molecule has 2 rings (SSSR count). The summed E-state index contributed by atoms with van der Waals surface area (Å²) in [6.45, 7) is 4.08. The molecular formula is C21H23Cl2N3O3. The van der Waals surface area contributed by atoms with Crippen molar-refractivity contribution in [1.82, 2.24) is 4.90 Å². The maximum Gasteiger partial charge on any atom is 0.238 e. The van der Waals surface area contributed by atoms with E-state index >= 15 is 0 Å². The molecule has 0 fully saturated rings. The Hall–Kier alpha value is -2.41. The topological polar surface area (TPSA) is 78.5 Å². The molecule has 0 aromatic heterocycles. The molecule has 0 aliphatic carbocycles. The minimum atomic E-state index is -0.283. The van der Waals surface area contributed by atoms with Gasteiger partial charge in [0.2, 0.25) is 11.8 Å². The zero-order valence-electron chi connectivity index (χ0n) is 16.3. The number of nitrogens with zero attached hydrogens (tertiary/aromatic N) is 1. The summed E-state index contributed by atoms with van der Waals surface area (Å²) in [5, 5.41) is 6.31. The third-order valence-electron chi connectivity index (χ3n) is 4.03. The lowest BCUT2D eigenvalue weighted by Gasteiger charge is -2.21. The van der Waals surface area contributed by atoms with Crippen molar-refractivity contribution in [1.29, 1.82) is 0 Å². The van der Waals surface area contributed by atoms with Crippen LogP contribution in [0.3, 0.4) is 0 Å². The van der Waals surface area contributed by atoms with E-state index in [0.29, 0.717) is 33.5 Å². The van der Waals surface area contributed by atoms with Gasteiger partial charge in [0.1, 0.15) is 0 Å². The Labute approximate surface area is 180 Å². The third-order valence-corrected chi connectivity index (χ3v) is 4.58. The molecule has 2 amide bonds. The highest BCUT2D eigenvalue weighted by atomic mass is 35.5. The number of hydrogen-bond donors (Lipinski definition) is 2. The molecule has 0 spiro atoms. The van der Waals surface area contributed by atoms with Gasteiger partial charge >= 0.3 is 0 Å². The quantitative estimate of drug-likeness (QED) is 0.568. The molecule has 0 aliphatic rings. The first kappa shape index (κ1) is 22.9. The molecule has 2 N–H and O–H groups in total. The van der Waals surface area contributed by atoms with Gasteiger partial charge in [0.25, 0.3) is 0 Å². The van der Waals surface area contributed by atoms with Crippen LogP contribution in [-0.2, 0) is 9.59 Å². The maximum atomic E-state index is 12.4. The van der Waals surface area contributed by atoms with Crippen molar-refractivity contribution in [3.63, 3.8) is 0 Å². The molecule has 0 saturated heterocycles. The lowest BCUT2D eigenvalue weighted by atomic mass is 10.1. The highest BCUT2D eigenvalue weighted by molar-refractivity contribution is 6.36. The number of carbonyl (C=O) groups is 3. The molecule has 0 heterocycles. The van der Waals surface area contributed by atoms with Crippen LogP contribution in [0.2, 0.25) is 10.0 Å². The number of halogens is 2. The zero-order valence-corrected chi connectivity index (χ0v) is 17.8. The van der Waals surface area contributed by atoms with Gasteiger partial charge in [0.15, 0.2) is 5.78 Å². The first-order chi connectivity index (χ1) is 13.8. The van der Waals surface area contributed by atoms with Crippen LogP contribution in [-0.4, -0.2) is 42.1 Å². The third kappa shape index (κ3) is 7.49. The van der Waals surface area contributed by atoms with Crippen LogP contribution >= 0.6 is 23.2 Å². The summed E-state index contributed by atoms with van der Waals surface area (Å²) < 4.78 is 0. The van der Waals surface area contributed by atoms with E-state index in [1.165, 1.54) is 6.92 Å². The number of carbonyl (C=O) groups excluding carboxylic acids is 3. The molecule has 0 saturated carbocycles. The van der Waals surface area contributed by atoms with Gasteiger partial charge in [-0.05, 0) is 50.2 Å². The number of amides is 2. The van der Waals surface area contributed by atoms with Crippen molar-refractivity contribution in [3.05, 3.63) is 58.1 Å². The van der Waals surface area contributed by atoms with Crippen LogP contribution in [0.5, 0.6) is 0 Å². The maximum absolute atomic E-state index is 12.4. The summed E-state index contributed by atoms with van der Waals surface area (Å²) in [6.07, 6.45) is 0.780. The van der Waals surface area contributed by atoms with Crippen LogP contribution < -0.4 is 10.6 Å². The number of anilines is 2. The Morgan fingerprint density at radius 2 is 1.66 bits per heavy atom. The molecule has 6 nitrogen and oxygen atoms in total. The van der Waals surface area contributed by atoms with Gasteiger partial charge in [0.05, 0.1) is 23.8 Å². The summed E-state index contributed by atoms with van der Waals surface area (Å²) in [5.41, 5.74) is 1.52. The monoisotopic (exact) mass is 435 g/mol. The fraction of sp³-hybridized carbons (Fsp3) is 0.286. The number of ketones is 1. The smallest absolute Gasteiger partial charge is 0.238 e. The standard InChI is InChI=1S/C21H23Cl2N3O3/c1-3-9-26(13-21(29)25-19-8-7-16(22)11-18(19)23)12-20(28)24-17-6-4-5-15(10-17)14(2)27/h4-8,10-11H,3,9,12-13H2,1-2H3,(H,24,28)(H,25,29). The van der Waals surface area contributed by atoms with E-state index in [1.807, 2.05) is 6.92 Å². The summed E-state index contributed by atoms with van der Waals surface area (Å²) in [5.74, 6) is -0.628. The summed E-state index contributed by atoms with van der Waals surface area (Å²) >= 11 is 11.9. The van der Waals surface area contributed by atoms with E-state index in [2.05, 4.69) is 10.6 Å². The van der Waals surface area contributed by atoms with Gasteiger partial charge in [-0.2, -0.15) is 0 Å². The SMILES string of the molecule is CCCN(CC(=O)Nc1cccc(C(C)=O)c1)CC(=O)Nc1ccc(Cl)cc1Cl. The van der Waals surface area contributed by atoms with E-state index in [1.54, 1.807) is 47.4 Å². The molecule has 0 unspecified atom stereocenters. The van der Waals surface area contributed by atoms with Gasteiger partial charge in [-0.1, -0.05) is 42.3 Å². The molecule has 0 radical (unpaired) electrons. The molecule has 2 aromatic rings. The Balaban J connectivity index is 1.96. The Morgan fingerprint density at radius 3 is 2.28 bits per heavy atom. The van der Waals surface area contributed by atoms with E-state index in [9.17, 15) is 14.4 Å². The van der Waals surface area contributed by atoms with Crippen molar-refractivity contribution in [3.8, 4) is 0 Å². The average molecular weight is 436 g/mol. The molecule has 0 aliphatic heterocycles. The van der Waals surface area contributed by atoms with Crippen LogP contribution in [0.4, 0.5) is 11.4 Å². The Kier molecular flexibility index (Phi) is 8.64. The van der Waals surface area contributed by atoms with Gasteiger partial charge in [0, 0.05) is 16.3 Å². The minimum absolute atomic E-state index is 0.0354. The second-order valence-electron chi connectivity index (χ2n) is 6.57.